The van der Waals surface area contributed by atoms with E-state index in [9.17, 15) is 4.79 Å². The van der Waals surface area contributed by atoms with Crippen LogP contribution in [0.2, 0.25) is 0 Å². The van der Waals surface area contributed by atoms with Gasteiger partial charge in [0.05, 0.1) is 6.07 Å². The Kier molecular flexibility index (Phi) is 6.57. The Morgan fingerprint density at radius 1 is 1.12 bits per heavy atom. The van der Waals surface area contributed by atoms with Crippen LogP contribution in [-0.4, -0.2) is 5.78 Å². The van der Waals surface area contributed by atoms with Crippen LogP contribution >= 0.6 is 15.9 Å². The fourth-order valence-electron chi connectivity index (χ4n) is 1.62. The van der Waals surface area contributed by atoms with Crippen molar-refractivity contribution >= 4 is 21.7 Å². The van der Waals surface area contributed by atoms with Gasteiger partial charge in [0, 0.05) is 22.9 Å². The number of halogens is 1. The van der Waals surface area contributed by atoms with Crippen molar-refractivity contribution < 1.29 is 4.79 Å². The third kappa shape index (κ3) is 5.65. The fraction of sp³-hybridized carbons (Fsp3) is 0.429. The number of benzene rings is 1. The molecule has 0 unspecified atom stereocenters. The molecule has 0 aliphatic heterocycles. The van der Waals surface area contributed by atoms with E-state index in [4.69, 9.17) is 5.26 Å². The number of rotatable bonds is 7. The quantitative estimate of drug-likeness (QED) is 0.549. The summed E-state index contributed by atoms with van der Waals surface area (Å²) in [5, 5.41) is 8.37. The largest absolute Gasteiger partial charge is 0.294 e. The number of unbranched alkanes of at least 4 members (excludes halogenated alkanes) is 4. The van der Waals surface area contributed by atoms with Gasteiger partial charge in [-0.15, -0.1) is 0 Å². The summed E-state index contributed by atoms with van der Waals surface area (Å²) in [6, 6.07) is 9.60. The van der Waals surface area contributed by atoms with Crippen molar-refractivity contribution in [1.29, 1.82) is 5.26 Å². The number of hydrogen-bond acceptors (Lipinski definition) is 2. The average molecular weight is 294 g/mol. The molecule has 3 heteroatoms. The highest BCUT2D eigenvalue weighted by atomic mass is 79.9. The molecule has 0 aliphatic rings. The monoisotopic (exact) mass is 293 g/mol. The third-order valence-corrected chi connectivity index (χ3v) is 3.14. The van der Waals surface area contributed by atoms with E-state index in [2.05, 4.69) is 22.0 Å². The van der Waals surface area contributed by atoms with E-state index in [0.29, 0.717) is 12.8 Å². The molecular formula is C14H16BrNO. The second-order valence-electron chi connectivity index (χ2n) is 4.00. The van der Waals surface area contributed by atoms with Crippen molar-refractivity contribution in [2.45, 2.75) is 38.5 Å². The molecule has 0 spiro atoms. The molecule has 17 heavy (non-hydrogen) atoms. The van der Waals surface area contributed by atoms with E-state index in [-0.39, 0.29) is 5.78 Å². The van der Waals surface area contributed by atoms with Gasteiger partial charge in [0.2, 0.25) is 0 Å². The lowest BCUT2D eigenvalue weighted by Gasteiger charge is -2.01. The molecule has 0 N–H and O–H groups in total. The minimum atomic E-state index is 0.206. The molecule has 1 aromatic carbocycles. The van der Waals surface area contributed by atoms with Gasteiger partial charge < -0.3 is 0 Å². The number of hydrogen-bond donors (Lipinski definition) is 0. The second-order valence-corrected chi connectivity index (χ2v) is 4.92. The highest BCUT2D eigenvalue weighted by Gasteiger charge is 2.04. The zero-order chi connectivity index (χ0) is 12.5. The predicted molar refractivity (Wildman–Crippen MR) is 71.8 cm³/mol. The summed E-state index contributed by atoms with van der Waals surface area (Å²) >= 11 is 3.34. The SMILES string of the molecule is N#CCCCCCCC(=O)c1ccc(Br)cc1. The molecule has 0 fully saturated rings. The van der Waals surface area contributed by atoms with E-state index >= 15 is 0 Å². The number of ketones is 1. The standard InChI is InChI=1S/C14H16BrNO/c15-13-9-7-12(8-10-13)14(17)6-4-2-1-3-5-11-16/h7-10H,1-6H2. The molecule has 0 saturated carbocycles. The summed E-state index contributed by atoms with van der Waals surface area (Å²) in [6.07, 6.45) is 5.17. The van der Waals surface area contributed by atoms with Gasteiger partial charge in [-0.3, -0.25) is 4.79 Å². The summed E-state index contributed by atoms with van der Waals surface area (Å²) in [5.41, 5.74) is 0.783. The molecule has 0 radical (unpaired) electrons. The van der Waals surface area contributed by atoms with Crippen molar-refractivity contribution in [2.24, 2.45) is 0 Å². The van der Waals surface area contributed by atoms with Gasteiger partial charge in [-0.1, -0.05) is 40.9 Å². The maximum Gasteiger partial charge on any atom is 0.162 e. The zero-order valence-electron chi connectivity index (χ0n) is 9.79. The van der Waals surface area contributed by atoms with Gasteiger partial charge in [0.15, 0.2) is 5.78 Å². The van der Waals surface area contributed by atoms with Gasteiger partial charge in [-0.2, -0.15) is 5.26 Å². The molecule has 0 amide bonds. The zero-order valence-corrected chi connectivity index (χ0v) is 11.4. The van der Waals surface area contributed by atoms with Gasteiger partial charge in [-0.05, 0) is 25.0 Å². The van der Waals surface area contributed by atoms with Crippen molar-refractivity contribution in [2.75, 3.05) is 0 Å². The van der Waals surface area contributed by atoms with Crippen LogP contribution in [0, 0.1) is 11.3 Å². The average Bonchev–Trinajstić information content (AvgIpc) is 2.34. The van der Waals surface area contributed by atoms with Crippen LogP contribution < -0.4 is 0 Å². The number of nitriles is 1. The lowest BCUT2D eigenvalue weighted by atomic mass is 10.0. The van der Waals surface area contributed by atoms with Crippen LogP contribution in [0.4, 0.5) is 0 Å². The number of carbonyl (C=O) groups excluding carboxylic acids is 1. The molecule has 0 bridgehead atoms. The van der Waals surface area contributed by atoms with E-state index in [1.165, 1.54) is 0 Å². The van der Waals surface area contributed by atoms with Gasteiger partial charge >= 0.3 is 0 Å². The molecule has 0 heterocycles. The van der Waals surface area contributed by atoms with Crippen LogP contribution in [0.1, 0.15) is 48.9 Å². The van der Waals surface area contributed by atoms with Gasteiger partial charge in [-0.25, -0.2) is 0 Å². The number of nitrogens with zero attached hydrogens (tertiary/aromatic N) is 1. The Morgan fingerprint density at radius 3 is 2.41 bits per heavy atom. The predicted octanol–water partition coefficient (Wildman–Crippen LogP) is 4.50. The van der Waals surface area contributed by atoms with Gasteiger partial charge in [0.25, 0.3) is 0 Å². The Hall–Kier alpha value is -1.14. The normalized spacial score (nSPS) is 9.88. The second kappa shape index (κ2) is 8.03. The first kappa shape index (κ1) is 13.9. The van der Waals surface area contributed by atoms with Crippen molar-refractivity contribution in [3.8, 4) is 6.07 Å². The molecule has 0 saturated heterocycles. The summed E-state index contributed by atoms with van der Waals surface area (Å²) in [7, 11) is 0. The maximum absolute atomic E-state index is 11.8. The Bertz CT molecular complexity index is 392. The molecule has 0 aromatic heterocycles. The first-order valence-electron chi connectivity index (χ1n) is 5.90. The summed E-state index contributed by atoms with van der Waals surface area (Å²) in [6.45, 7) is 0. The van der Waals surface area contributed by atoms with Crippen LogP contribution in [0.15, 0.2) is 28.7 Å². The third-order valence-electron chi connectivity index (χ3n) is 2.61. The molecule has 90 valence electrons. The number of carbonyl (C=O) groups is 1. The van der Waals surface area contributed by atoms with Crippen LogP contribution in [0.25, 0.3) is 0 Å². The van der Waals surface area contributed by atoms with Crippen LogP contribution in [-0.2, 0) is 0 Å². The maximum atomic E-state index is 11.8. The lowest BCUT2D eigenvalue weighted by Crippen LogP contribution is -1.98. The Labute approximate surface area is 111 Å². The molecule has 2 nitrogen and oxygen atoms in total. The van der Waals surface area contributed by atoms with E-state index in [1.807, 2.05) is 24.3 Å². The molecule has 0 atom stereocenters. The lowest BCUT2D eigenvalue weighted by molar-refractivity contribution is 0.0979. The van der Waals surface area contributed by atoms with Crippen molar-refractivity contribution in [3.05, 3.63) is 34.3 Å². The molecule has 0 aliphatic carbocycles. The minimum absolute atomic E-state index is 0.206. The van der Waals surface area contributed by atoms with Gasteiger partial charge in [0.1, 0.15) is 0 Å². The van der Waals surface area contributed by atoms with Crippen LogP contribution in [0.3, 0.4) is 0 Å². The Balaban J connectivity index is 2.21. The highest BCUT2D eigenvalue weighted by molar-refractivity contribution is 9.10. The number of Topliss-reactive ketones (excluding diaryl/α,β-unsaturated/α-hetero) is 1. The summed E-state index contributed by atoms with van der Waals surface area (Å²) in [5.74, 6) is 0.206. The molecular weight excluding hydrogens is 278 g/mol. The molecule has 1 aromatic rings. The minimum Gasteiger partial charge on any atom is -0.294 e. The summed E-state index contributed by atoms with van der Waals surface area (Å²) in [4.78, 5) is 11.8. The van der Waals surface area contributed by atoms with E-state index in [1.54, 1.807) is 0 Å². The topological polar surface area (TPSA) is 40.9 Å². The Morgan fingerprint density at radius 2 is 1.76 bits per heavy atom. The highest BCUT2D eigenvalue weighted by Crippen LogP contribution is 2.14. The smallest absolute Gasteiger partial charge is 0.162 e. The molecule has 1 rings (SSSR count). The fourth-order valence-corrected chi connectivity index (χ4v) is 1.89. The van der Waals surface area contributed by atoms with Crippen molar-refractivity contribution in [1.82, 2.24) is 0 Å². The van der Waals surface area contributed by atoms with E-state index < -0.39 is 0 Å². The van der Waals surface area contributed by atoms with E-state index in [0.717, 1.165) is 35.7 Å². The first-order valence-corrected chi connectivity index (χ1v) is 6.69. The summed E-state index contributed by atoms with van der Waals surface area (Å²) < 4.78 is 0.991. The van der Waals surface area contributed by atoms with Crippen LogP contribution in [0.5, 0.6) is 0 Å². The first-order chi connectivity index (χ1) is 8.24. The van der Waals surface area contributed by atoms with Crippen molar-refractivity contribution in [3.63, 3.8) is 0 Å².